The van der Waals surface area contributed by atoms with Crippen LogP contribution in [0.15, 0.2) is 53.5 Å². The fraction of sp³-hybridized carbons (Fsp3) is 0.318. The van der Waals surface area contributed by atoms with Crippen molar-refractivity contribution in [1.82, 2.24) is 14.8 Å². The van der Waals surface area contributed by atoms with E-state index in [1.165, 1.54) is 22.2 Å². The quantitative estimate of drug-likeness (QED) is 0.346. The number of nitrogens with one attached hydrogen (secondary N) is 1. The Hall–Kier alpha value is -2.38. The number of benzene rings is 1. The molecular formula is C22H26N4OS2. The monoisotopic (exact) mass is 426 g/mol. The molecule has 0 radical (unpaired) electrons. The zero-order valence-electron chi connectivity index (χ0n) is 16.9. The van der Waals surface area contributed by atoms with Crippen molar-refractivity contribution >= 4 is 34.7 Å². The van der Waals surface area contributed by atoms with Crippen LogP contribution < -0.4 is 5.32 Å². The van der Waals surface area contributed by atoms with Gasteiger partial charge in [0.15, 0.2) is 11.0 Å². The number of aryl methyl sites for hydroxylation is 2. The van der Waals surface area contributed by atoms with E-state index in [4.69, 9.17) is 0 Å². The van der Waals surface area contributed by atoms with E-state index in [-0.39, 0.29) is 11.7 Å². The molecule has 0 fully saturated rings. The van der Waals surface area contributed by atoms with Crippen LogP contribution >= 0.6 is 23.1 Å². The maximum Gasteiger partial charge on any atom is 0.234 e. The summed E-state index contributed by atoms with van der Waals surface area (Å²) in [5, 5.41) is 14.5. The van der Waals surface area contributed by atoms with Crippen molar-refractivity contribution in [2.45, 2.75) is 44.8 Å². The van der Waals surface area contributed by atoms with Gasteiger partial charge in [0, 0.05) is 28.1 Å². The van der Waals surface area contributed by atoms with E-state index >= 15 is 0 Å². The second kappa shape index (κ2) is 10.4. The third kappa shape index (κ3) is 5.58. The Labute approximate surface area is 180 Å². The van der Waals surface area contributed by atoms with Crippen LogP contribution in [0.3, 0.4) is 0 Å². The normalized spacial score (nSPS) is 10.8. The molecule has 0 aliphatic heterocycles. The van der Waals surface area contributed by atoms with Gasteiger partial charge in [0.1, 0.15) is 0 Å². The number of amides is 1. The highest BCUT2D eigenvalue weighted by molar-refractivity contribution is 7.99. The highest BCUT2D eigenvalue weighted by Gasteiger charge is 2.16. The van der Waals surface area contributed by atoms with Crippen LogP contribution in [-0.4, -0.2) is 26.4 Å². The summed E-state index contributed by atoms with van der Waals surface area (Å²) in [6.45, 7) is 8.74. The van der Waals surface area contributed by atoms with Gasteiger partial charge < -0.3 is 5.32 Å². The van der Waals surface area contributed by atoms with Crippen LogP contribution in [-0.2, 0) is 24.2 Å². The van der Waals surface area contributed by atoms with Gasteiger partial charge in [-0.1, -0.05) is 50.2 Å². The number of allylic oxidation sites excluding steroid dienone is 1. The number of nitrogens with zero attached hydrogens (tertiary/aromatic N) is 3. The summed E-state index contributed by atoms with van der Waals surface area (Å²) < 4.78 is 2.01. The van der Waals surface area contributed by atoms with E-state index in [0.717, 1.165) is 41.5 Å². The summed E-state index contributed by atoms with van der Waals surface area (Å²) >= 11 is 3.14. The van der Waals surface area contributed by atoms with Crippen molar-refractivity contribution in [2.24, 2.45) is 0 Å². The molecule has 0 atom stereocenters. The fourth-order valence-corrected chi connectivity index (χ4v) is 4.65. The van der Waals surface area contributed by atoms with Crippen molar-refractivity contribution in [3.05, 3.63) is 58.8 Å². The molecule has 0 saturated carbocycles. The van der Waals surface area contributed by atoms with Gasteiger partial charge in [-0.05, 0) is 36.6 Å². The van der Waals surface area contributed by atoms with E-state index in [9.17, 15) is 4.79 Å². The largest absolute Gasteiger partial charge is 0.325 e. The number of thiophene rings is 1. The van der Waals surface area contributed by atoms with Gasteiger partial charge >= 0.3 is 0 Å². The molecule has 2 aromatic heterocycles. The second-order valence-corrected chi connectivity index (χ2v) is 8.58. The Balaban J connectivity index is 1.67. The third-order valence-corrected chi connectivity index (χ3v) is 6.38. The predicted molar refractivity (Wildman–Crippen MR) is 123 cm³/mol. The molecule has 29 heavy (non-hydrogen) atoms. The standard InChI is InChI=1S/C22H26N4OS2/c1-4-7-19-13-17(14-28-19)21-24-25-22(26(21)12-5-2)29-15-20(27)23-18-10-8-16(6-3)9-11-18/h5,8-11,13-14H,2,4,6-7,12,15H2,1,3H3,(H,23,27). The average Bonchev–Trinajstić information content (AvgIpc) is 3.34. The van der Waals surface area contributed by atoms with Crippen LogP contribution in [0, 0.1) is 0 Å². The maximum atomic E-state index is 12.4. The van der Waals surface area contributed by atoms with Crippen molar-refractivity contribution in [2.75, 3.05) is 11.1 Å². The van der Waals surface area contributed by atoms with Crippen molar-refractivity contribution in [3.8, 4) is 11.4 Å². The van der Waals surface area contributed by atoms with Gasteiger partial charge in [-0.25, -0.2) is 0 Å². The minimum absolute atomic E-state index is 0.0604. The van der Waals surface area contributed by atoms with Crippen LogP contribution in [0.25, 0.3) is 11.4 Å². The Morgan fingerprint density at radius 3 is 2.76 bits per heavy atom. The number of carbonyl (C=O) groups excluding carboxylic acids is 1. The van der Waals surface area contributed by atoms with E-state index in [1.807, 2.05) is 34.9 Å². The van der Waals surface area contributed by atoms with E-state index in [1.54, 1.807) is 11.3 Å². The molecule has 3 aromatic rings. The summed E-state index contributed by atoms with van der Waals surface area (Å²) in [5.74, 6) is 1.03. The molecule has 3 rings (SSSR count). The van der Waals surface area contributed by atoms with Gasteiger partial charge in [-0.2, -0.15) is 0 Å². The van der Waals surface area contributed by atoms with E-state index in [2.05, 4.69) is 47.4 Å². The number of thioether (sulfide) groups is 1. The molecule has 0 bridgehead atoms. The Morgan fingerprint density at radius 2 is 2.07 bits per heavy atom. The summed E-state index contributed by atoms with van der Waals surface area (Å²) in [5.41, 5.74) is 3.13. The van der Waals surface area contributed by atoms with Gasteiger partial charge in [0.05, 0.1) is 5.75 Å². The summed E-state index contributed by atoms with van der Waals surface area (Å²) in [6, 6.07) is 10.1. The highest BCUT2D eigenvalue weighted by atomic mass is 32.2. The molecule has 1 N–H and O–H groups in total. The zero-order valence-corrected chi connectivity index (χ0v) is 18.5. The van der Waals surface area contributed by atoms with Gasteiger partial charge in [0.2, 0.25) is 5.91 Å². The molecule has 0 aliphatic rings. The first-order valence-electron chi connectivity index (χ1n) is 9.78. The van der Waals surface area contributed by atoms with Gasteiger partial charge in [-0.15, -0.1) is 28.1 Å². The lowest BCUT2D eigenvalue weighted by atomic mass is 10.1. The molecule has 0 saturated heterocycles. The molecule has 1 amide bonds. The van der Waals surface area contributed by atoms with E-state index in [0.29, 0.717) is 6.54 Å². The van der Waals surface area contributed by atoms with Crippen molar-refractivity contribution < 1.29 is 4.79 Å². The second-order valence-electron chi connectivity index (χ2n) is 6.64. The zero-order chi connectivity index (χ0) is 20.6. The molecule has 0 spiro atoms. The predicted octanol–water partition coefficient (Wildman–Crippen LogP) is 5.44. The topological polar surface area (TPSA) is 59.8 Å². The van der Waals surface area contributed by atoms with Crippen molar-refractivity contribution in [1.29, 1.82) is 0 Å². The minimum Gasteiger partial charge on any atom is -0.325 e. The lowest BCUT2D eigenvalue weighted by Gasteiger charge is -2.08. The molecule has 7 heteroatoms. The minimum atomic E-state index is -0.0604. The first kappa shape index (κ1) is 21.3. The molecule has 152 valence electrons. The average molecular weight is 427 g/mol. The first-order chi connectivity index (χ1) is 14.1. The maximum absolute atomic E-state index is 12.4. The molecule has 0 aliphatic carbocycles. The fourth-order valence-electron chi connectivity index (χ4n) is 2.93. The summed E-state index contributed by atoms with van der Waals surface area (Å²) in [7, 11) is 0. The van der Waals surface area contributed by atoms with Gasteiger partial charge in [-0.3, -0.25) is 9.36 Å². The first-order valence-corrected chi connectivity index (χ1v) is 11.6. The number of carbonyl (C=O) groups is 1. The number of anilines is 1. The summed E-state index contributed by atoms with van der Waals surface area (Å²) in [4.78, 5) is 13.7. The molecule has 0 unspecified atom stereocenters. The van der Waals surface area contributed by atoms with Crippen LogP contribution in [0.5, 0.6) is 0 Å². The van der Waals surface area contributed by atoms with Crippen LogP contribution in [0.4, 0.5) is 5.69 Å². The van der Waals surface area contributed by atoms with Crippen molar-refractivity contribution in [3.63, 3.8) is 0 Å². The smallest absolute Gasteiger partial charge is 0.234 e. The number of hydrogen-bond acceptors (Lipinski definition) is 5. The molecule has 1 aromatic carbocycles. The number of hydrogen-bond donors (Lipinski definition) is 1. The molecule has 2 heterocycles. The molecular weight excluding hydrogens is 400 g/mol. The Kier molecular flexibility index (Phi) is 7.66. The molecule has 5 nitrogen and oxygen atoms in total. The van der Waals surface area contributed by atoms with Crippen LogP contribution in [0.1, 0.15) is 30.7 Å². The van der Waals surface area contributed by atoms with E-state index < -0.39 is 0 Å². The number of aromatic nitrogens is 3. The van der Waals surface area contributed by atoms with Crippen LogP contribution in [0.2, 0.25) is 0 Å². The summed E-state index contributed by atoms with van der Waals surface area (Å²) in [6.07, 6.45) is 5.00. The SMILES string of the molecule is C=CCn1c(SCC(=O)Nc2ccc(CC)cc2)nnc1-c1csc(CCC)c1. The highest BCUT2D eigenvalue weighted by Crippen LogP contribution is 2.28. The Morgan fingerprint density at radius 1 is 1.28 bits per heavy atom. The third-order valence-electron chi connectivity index (χ3n) is 4.42. The Bertz CT molecular complexity index is 960. The lowest BCUT2D eigenvalue weighted by molar-refractivity contribution is -0.113. The van der Waals surface area contributed by atoms with Gasteiger partial charge in [0.25, 0.3) is 0 Å². The lowest BCUT2D eigenvalue weighted by Crippen LogP contribution is -2.14. The number of rotatable bonds is 10.